The molecular formula is C11H16N4O. The SMILES string of the molecule is CC/C(N)=C/C=C(\N)Cn1cc(C=O)cn1. The van der Waals surface area contributed by atoms with Gasteiger partial charge in [-0.25, -0.2) is 0 Å². The summed E-state index contributed by atoms with van der Waals surface area (Å²) in [5, 5.41) is 3.99. The molecule has 0 saturated heterocycles. The average Bonchev–Trinajstić information content (AvgIpc) is 2.73. The van der Waals surface area contributed by atoms with Gasteiger partial charge in [0, 0.05) is 17.6 Å². The van der Waals surface area contributed by atoms with Crippen LogP contribution in [0.3, 0.4) is 0 Å². The molecule has 86 valence electrons. The van der Waals surface area contributed by atoms with Gasteiger partial charge in [0.25, 0.3) is 0 Å². The monoisotopic (exact) mass is 220 g/mol. The molecule has 0 radical (unpaired) electrons. The maximum Gasteiger partial charge on any atom is 0.153 e. The van der Waals surface area contributed by atoms with Crippen molar-refractivity contribution in [3.8, 4) is 0 Å². The first kappa shape index (κ1) is 12.0. The molecule has 5 nitrogen and oxygen atoms in total. The van der Waals surface area contributed by atoms with Crippen molar-refractivity contribution in [1.29, 1.82) is 0 Å². The van der Waals surface area contributed by atoms with E-state index in [2.05, 4.69) is 5.10 Å². The lowest BCUT2D eigenvalue weighted by atomic mass is 10.3. The molecule has 0 fully saturated rings. The molecule has 0 aliphatic carbocycles. The Hall–Kier alpha value is -2.04. The molecule has 1 heterocycles. The predicted octanol–water partition coefficient (Wildman–Crippen LogP) is 0.791. The van der Waals surface area contributed by atoms with Crippen LogP contribution in [0.15, 0.2) is 35.9 Å². The average molecular weight is 220 g/mol. The number of aromatic nitrogens is 2. The molecule has 0 aromatic carbocycles. The molecule has 0 unspecified atom stereocenters. The summed E-state index contributed by atoms with van der Waals surface area (Å²) < 4.78 is 1.60. The van der Waals surface area contributed by atoms with Crippen molar-refractivity contribution in [2.24, 2.45) is 11.5 Å². The van der Waals surface area contributed by atoms with Gasteiger partial charge in [0.2, 0.25) is 0 Å². The molecule has 1 rings (SSSR count). The Balaban J connectivity index is 2.63. The fourth-order valence-electron chi connectivity index (χ4n) is 1.10. The van der Waals surface area contributed by atoms with Gasteiger partial charge < -0.3 is 11.5 Å². The lowest BCUT2D eigenvalue weighted by Crippen LogP contribution is -2.08. The summed E-state index contributed by atoms with van der Waals surface area (Å²) in [7, 11) is 0. The summed E-state index contributed by atoms with van der Waals surface area (Å²) in [5.74, 6) is 0. The van der Waals surface area contributed by atoms with E-state index in [1.54, 1.807) is 23.0 Å². The number of hydrogen-bond donors (Lipinski definition) is 2. The van der Waals surface area contributed by atoms with Crippen LogP contribution >= 0.6 is 0 Å². The summed E-state index contributed by atoms with van der Waals surface area (Å²) in [6.45, 7) is 2.42. The van der Waals surface area contributed by atoms with Crippen LogP contribution in [0, 0.1) is 0 Å². The van der Waals surface area contributed by atoms with E-state index in [0.717, 1.165) is 18.4 Å². The third-order valence-corrected chi connectivity index (χ3v) is 2.05. The fraction of sp³-hybridized carbons (Fsp3) is 0.273. The van der Waals surface area contributed by atoms with Gasteiger partial charge >= 0.3 is 0 Å². The van der Waals surface area contributed by atoms with Gasteiger partial charge in [-0.1, -0.05) is 6.92 Å². The van der Waals surface area contributed by atoms with E-state index in [1.807, 2.05) is 6.92 Å². The third kappa shape index (κ3) is 3.61. The van der Waals surface area contributed by atoms with Crippen molar-refractivity contribution < 1.29 is 4.79 Å². The number of carbonyl (C=O) groups is 1. The lowest BCUT2D eigenvalue weighted by Gasteiger charge is -2.00. The van der Waals surface area contributed by atoms with Gasteiger partial charge in [0.1, 0.15) is 0 Å². The van der Waals surface area contributed by atoms with Crippen LogP contribution in [0.1, 0.15) is 23.7 Å². The summed E-state index contributed by atoms with van der Waals surface area (Å²) in [6, 6.07) is 0. The van der Waals surface area contributed by atoms with Crippen molar-refractivity contribution >= 4 is 6.29 Å². The molecule has 0 bridgehead atoms. The number of allylic oxidation sites excluding steroid dienone is 4. The summed E-state index contributed by atoms with van der Waals surface area (Å²) in [4.78, 5) is 10.4. The molecule has 0 amide bonds. The first-order valence-corrected chi connectivity index (χ1v) is 5.04. The zero-order valence-corrected chi connectivity index (χ0v) is 9.26. The highest BCUT2D eigenvalue weighted by Crippen LogP contribution is 1.98. The Bertz CT molecular complexity index is 417. The van der Waals surface area contributed by atoms with Crippen LogP contribution in [0.25, 0.3) is 0 Å². The Kier molecular flexibility index (Phi) is 4.32. The van der Waals surface area contributed by atoms with E-state index >= 15 is 0 Å². The van der Waals surface area contributed by atoms with E-state index in [1.165, 1.54) is 6.20 Å². The Morgan fingerprint density at radius 1 is 1.44 bits per heavy atom. The highest BCUT2D eigenvalue weighted by atomic mass is 16.1. The van der Waals surface area contributed by atoms with Crippen LogP contribution in [0.2, 0.25) is 0 Å². The third-order valence-electron chi connectivity index (χ3n) is 2.05. The summed E-state index contributed by atoms with van der Waals surface area (Å²) in [5.41, 5.74) is 13.4. The summed E-state index contributed by atoms with van der Waals surface area (Å²) >= 11 is 0. The number of hydrogen-bond acceptors (Lipinski definition) is 4. The van der Waals surface area contributed by atoms with E-state index < -0.39 is 0 Å². The molecule has 0 saturated carbocycles. The minimum Gasteiger partial charge on any atom is -0.402 e. The molecule has 4 N–H and O–H groups in total. The lowest BCUT2D eigenvalue weighted by molar-refractivity contribution is 0.112. The van der Waals surface area contributed by atoms with Crippen molar-refractivity contribution in [3.05, 3.63) is 41.5 Å². The van der Waals surface area contributed by atoms with Crippen molar-refractivity contribution in [1.82, 2.24) is 9.78 Å². The highest BCUT2D eigenvalue weighted by Gasteiger charge is 1.97. The van der Waals surface area contributed by atoms with Crippen LogP contribution in [0.5, 0.6) is 0 Å². The second-order valence-electron chi connectivity index (χ2n) is 3.43. The number of carbonyl (C=O) groups excluding carboxylic acids is 1. The number of aldehydes is 1. The van der Waals surface area contributed by atoms with E-state index in [0.29, 0.717) is 17.8 Å². The van der Waals surface area contributed by atoms with Crippen LogP contribution in [-0.2, 0) is 6.54 Å². The number of rotatable bonds is 5. The molecular weight excluding hydrogens is 204 g/mol. The normalized spacial score (nSPS) is 12.8. The molecule has 0 atom stereocenters. The minimum atomic E-state index is 0.446. The van der Waals surface area contributed by atoms with Gasteiger partial charge in [0.05, 0.1) is 18.3 Å². The van der Waals surface area contributed by atoms with E-state index in [9.17, 15) is 4.79 Å². The number of nitrogens with two attached hydrogens (primary N) is 2. The van der Waals surface area contributed by atoms with Gasteiger partial charge in [0.15, 0.2) is 6.29 Å². The standard InChI is InChI=1S/C11H16N4O/c1-2-10(12)3-4-11(13)7-15-6-9(8-16)5-14-15/h3-6,8H,2,7,12-13H2,1H3/b10-3-,11-4-. The molecule has 1 aromatic rings. The van der Waals surface area contributed by atoms with E-state index in [4.69, 9.17) is 11.5 Å². The molecule has 0 aliphatic rings. The van der Waals surface area contributed by atoms with E-state index in [-0.39, 0.29) is 0 Å². The smallest absolute Gasteiger partial charge is 0.153 e. The van der Waals surface area contributed by atoms with Crippen LogP contribution in [-0.4, -0.2) is 16.1 Å². The molecule has 0 aliphatic heterocycles. The summed E-state index contributed by atoms with van der Waals surface area (Å²) in [6.07, 6.45) is 8.21. The van der Waals surface area contributed by atoms with Crippen LogP contribution in [0.4, 0.5) is 0 Å². The molecule has 5 heteroatoms. The quantitative estimate of drug-likeness (QED) is 0.567. The first-order chi connectivity index (χ1) is 7.65. The number of nitrogens with zero attached hydrogens (tertiary/aromatic N) is 2. The predicted molar refractivity (Wildman–Crippen MR) is 62.4 cm³/mol. The molecule has 16 heavy (non-hydrogen) atoms. The second kappa shape index (κ2) is 5.75. The van der Waals surface area contributed by atoms with Gasteiger partial charge in [-0.3, -0.25) is 9.48 Å². The van der Waals surface area contributed by atoms with Crippen molar-refractivity contribution in [2.75, 3.05) is 0 Å². The Morgan fingerprint density at radius 3 is 2.69 bits per heavy atom. The van der Waals surface area contributed by atoms with Gasteiger partial charge in [-0.05, 0) is 18.6 Å². The Morgan fingerprint density at radius 2 is 2.12 bits per heavy atom. The Labute approximate surface area is 94.4 Å². The molecule has 1 aromatic heterocycles. The van der Waals surface area contributed by atoms with Gasteiger partial charge in [-0.15, -0.1) is 0 Å². The fourth-order valence-corrected chi connectivity index (χ4v) is 1.10. The zero-order chi connectivity index (χ0) is 12.0. The van der Waals surface area contributed by atoms with Crippen LogP contribution < -0.4 is 11.5 Å². The largest absolute Gasteiger partial charge is 0.402 e. The maximum absolute atomic E-state index is 10.4. The second-order valence-corrected chi connectivity index (χ2v) is 3.43. The zero-order valence-electron chi connectivity index (χ0n) is 9.26. The van der Waals surface area contributed by atoms with Gasteiger partial charge in [-0.2, -0.15) is 5.10 Å². The first-order valence-electron chi connectivity index (χ1n) is 5.04. The minimum absolute atomic E-state index is 0.446. The topological polar surface area (TPSA) is 86.9 Å². The highest BCUT2D eigenvalue weighted by molar-refractivity contribution is 5.73. The maximum atomic E-state index is 10.4. The van der Waals surface area contributed by atoms with Crippen molar-refractivity contribution in [3.63, 3.8) is 0 Å². The molecule has 0 spiro atoms. The van der Waals surface area contributed by atoms with Crippen molar-refractivity contribution in [2.45, 2.75) is 19.9 Å².